The van der Waals surface area contributed by atoms with E-state index in [1.54, 1.807) is 5.32 Å². The van der Waals surface area contributed by atoms with Gasteiger partial charge in [0.25, 0.3) is 5.91 Å². The fraction of sp³-hybridized carbons (Fsp3) is 0.917. The van der Waals surface area contributed by atoms with Gasteiger partial charge >= 0.3 is 25.7 Å². The first-order chi connectivity index (χ1) is 31.1. The van der Waals surface area contributed by atoms with Crippen LogP contribution in [0.5, 0.6) is 0 Å². The third kappa shape index (κ3) is 33.1. The summed E-state index contributed by atoms with van der Waals surface area (Å²) in [4.78, 5) is 71.3. The third-order valence-electron chi connectivity index (χ3n) is 11.8. The van der Waals surface area contributed by atoms with Crippen molar-refractivity contribution in [2.75, 3.05) is 6.61 Å². The van der Waals surface area contributed by atoms with Crippen LogP contribution in [-0.4, -0.2) is 98.3 Å². The van der Waals surface area contributed by atoms with Crippen LogP contribution in [0, 0.1) is 0 Å². The Morgan fingerprint density at radius 2 is 1.00 bits per heavy atom. The fourth-order valence-electron chi connectivity index (χ4n) is 7.83. The molecule has 65 heavy (non-hydrogen) atoms. The van der Waals surface area contributed by atoms with Crippen molar-refractivity contribution in [2.24, 2.45) is 0 Å². The molecule has 0 aliphatic rings. The summed E-state index contributed by atoms with van der Waals surface area (Å²) < 4.78 is 58.3. The van der Waals surface area contributed by atoms with Crippen molar-refractivity contribution in [1.29, 1.82) is 0 Å². The second-order valence-corrected chi connectivity index (χ2v) is 19.1. The molecular weight excluding hydrogens is 867 g/mol. The van der Waals surface area contributed by atoms with Gasteiger partial charge in [0.05, 0.1) is 13.0 Å². The van der Waals surface area contributed by atoms with E-state index in [9.17, 15) is 48.8 Å². The van der Waals surface area contributed by atoms with Crippen molar-refractivity contribution in [3.63, 3.8) is 0 Å². The van der Waals surface area contributed by atoms with Crippen LogP contribution in [0.15, 0.2) is 0 Å². The number of aldehydes is 1. The van der Waals surface area contributed by atoms with E-state index in [0.29, 0.717) is 19.3 Å². The molecule has 14 nitrogen and oxygen atoms in total. The topological polar surface area (TPSA) is 226 Å². The van der Waals surface area contributed by atoms with E-state index < -0.39 is 87.6 Å². The van der Waals surface area contributed by atoms with Gasteiger partial charge in [0, 0.05) is 6.42 Å². The van der Waals surface area contributed by atoms with Gasteiger partial charge in [-0.3, -0.25) is 18.9 Å². The van der Waals surface area contributed by atoms with Crippen LogP contribution in [0.1, 0.15) is 233 Å². The Labute approximate surface area is 389 Å². The minimum atomic E-state index is -5.60. The standard InChI is InChI=1S/C48H90F2NO13P/c1-4-7-10-13-16-19-20-23-26-29-32-35-43(56)62-39(33-30-27-24-21-17-14-11-8-5-2)36-44(57)63-45(46(41(54)38-53)64-65(59,60)61)40(37-52)51-47(58)48(49,50)42(55)34-31-28-25-22-18-15-12-9-6-3/h37,39-42,45-46,53-55H,4-36,38H2,1-3H3,(H,51,58)(H2,59,60,61)/t39-,40+,41-,42-,45-,46-/m1/s1. The number of carbonyl (C=O) groups is 4. The first kappa shape index (κ1) is 62.9. The molecule has 0 unspecified atom stereocenters. The highest BCUT2D eigenvalue weighted by Crippen LogP contribution is 2.40. The summed E-state index contributed by atoms with van der Waals surface area (Å²) in [5.74, 6) is -8.41. The Balaban J connectivity index is 5.90. The number of carbonyl (C=O) groups excluding carboxylic acids is 4. The Bertz CT molecular complexity index is 1260. The highest BCUT2D eigenvalue weighted by Gasteiger charge is 2.49. The fourth-order valence-corrected chi connectivity index (χ4v) is 8.41. The van der Waals surface area contributed by atoms with Crippen LogP contribution >= 0.6 is 7.82 Å². The molecule has 0 aromatic heterocycles. The minimum Gasteiger partial charge on any atom is -0.462 e. The number of aliphatic hydroxyl groups is 3. The number of nitrogens with one attached hydrogen (secondary N) is 1. The van der Waals surface area contributed by atoms with Crippen LogP contribution in [0.2, 0.25) is 0 Å². The van der Waals surface area contributed by atoms with Gasteiger partial charge in [-0.15, -0.1) is 0 Å². The van der Waals surface area contributed by atoms with Gasteiger partial charge < -0.3 is 44.7 Å². The van der Waals surface area contributed by atoms with Crippen molar-refractivity contribution in [3.8, 4) is 0 Å². The van der Waals surface area contributed by atoms with Crippen LogP contribution in [0.3, 0.4) is 0 Å². The lowest BCUT2D eigenvalue weighted by Crippen LogP contribution is -2.59. The number of hydrogen-bond acceptors (Lipinski definition) is 11. The summed E-state index contributed by atoms with van der Waals surface area (Å²) in [6.07, 6.45) is 17.3. The maximum atomic E-state index is 15.3. The maximum Gasteiger partial charge on any atom is 0.470 e. The van der Waals surface area contributed by atoms with E-state index in [1.807, 2.05) is 0 Å². The minimum absolute atomic E-state index is 0.0995. The molecule has 0 fully saturated rings. The summed E-state index contributed by atoms with van der Waals surface area (Å²) in [5.41, 5.74) is 0. The first-order valence-electron chi connectivity index (χ1n) is 25.3. The zero-order valence-electron chi connectivity index (χ0n) is 40.3. The molecule has 6 atom stereocenters. The molecule has 0 radical (unpaired) electrons. The van der Waals surface area contributed by atoms with Gasteiger partial charge in [0.15, 0.2) is 6.10 Å². The zero-order chi connectivity index (χ0) is 48.8. The summed E-state index contributed by atoms with van der Waals surface area (Å²) in [6, 6.07) is -2.32. The molecule has 0 bridgehead atoms. The Morgan fingerprint density at radius 1 is 0.600 bits per heavy atom. The van der Waals surface area contributed by atoms with E-state index in [1.165, 1.54) is 51.4 Å². The van der Waals surface area contributed by atoms with Gasteiger partial charge in [-0.05, 0) is 25.7 Å². The molecule has 6 N–H and O–H groups in total. The van der Waals surface area contributed by atoms with E-state index in [-0.39, 0.29) is 25.5 Å². The molecule has 17 heteroatoms. The van der Waals surface area contributed by atoms with E-state index in [0.717, 1.165) is 109 Å². The highest BCUT2D eigenvalue weighted by atomic mass is 31.2. The van der Waals surface area contributed by atoms with E-state index >= 15 is 8.78 Å². The molecular formula is C48H90F2NO13P. The van der Waals surface area contributed by atoms with E-state index in [2.05, 4.69) is 25.3 Å². The van der Waals surface area contributed by atoms with Crippen molar-refractivity contribution in [2.45, 2.75) is 275 Å². The van der Waals surface area contributed by atoms with Crippen LogP contribution < -0.4 is 5.32 Å². The SMILES string of the molecule is CCCCCCCCCCCCCC(=O)O[C@H](CCCCCCCCCCC)CC(=O)O[C@@H]([C@H](OP(=O)(O)O)[C@H](O)CO)[C@H](C=O)NC(=O)C(F)(F)[C@H](O)CCCCCCCCCCC. The third-order valence-corrected chi connectivity index (χ3v) is 12.3. The van der Waals surface area contributed by atoms with Gasteiger partial charge in [-0.1, -0.05) is 194 Å². The number of amides is 1. The molecule has 0 heterocycles. The van der Waals surface area contributed by atoms with Crippen LogP contribution in [0.25, 0.3) is 0 Å². The summed E-state index contributed by atoms with van der Waals surface area (Å²) in [5, 5.41) is 32.3. The number of ether oxygens (including phenoxy) is 2. The molecule has 0 aliphatic heterocycles. The lowest BCUT2D eigenvalue weighted by molar-refractivity contribution is -0.174. The predicted molar refractivity (Wildman–Crippen MR) is 248 cm³/mol. The molecule has 0 aliphatic carbocycles. The number of phosphoric acid groups is 1. The van der Waals surface area contributed by atoms with Gasteiger partial charge in [0.1, 0.15) is 36.7 Å². The van der Waals surface area contributed by atoms with Crippen molar-refractivity contribution < 1.29 is 71.6 Å². The second kappa shape index (κ2) is 39.9. The number of halogens is 2. The lowest BCUT2D eigenvalue weighted by Gasteiger charge is -2.34. The smallest absolute Gasteiger partial charge is 0.462 e. The number of alkyl halides is 2. The average Bonchev–Trinajstić information content (AvgIpc) is 3.26. The van der Waals surface area contributed by atoms with Gasteiger partial charge in [-0.25, -0.2) is 4.57 Å². The average molecular weight is 958 g/mol. The number of phosphoric ester groups is 1. The highest BCUT2D eigenvalue weighted by molar-refractivity contribution is 7.46. The van der Waals surface area contributed by atoms with Crippen molar-refractivity contribution >= 4 is 32.0 Å². The van der Waals surface area contributed by atoms with Gasteiger partial charge in [-0.2, -0.15) is 8.78 Å². The molecule has 0 aromatic rings. The number of hydrogen-bond donors (Lipinski definition) is 6. The van der Waals surface area contributed by atoms with Crippen molar-refractivity contribution in [1.82, 2.24) is 5.32 Å². The quantitative estimate of drug-likeness (QED) is 0.0145. The molecule has 384 valence electrons. The number of aliphatic hydroxyl groups excluding tert-OH is 3. The predicted octanol–water partition coefficient (Wildman–Crippen LogP) is 10.3. The zero-order valence-corrected chi connectivity index (χ0v) is 41.2. The first-order valence-corrected chi connectivity index (χ1v) is 26.8. The Morgan fingerprint density at radius 3 is 1.40 bits per heavy atom. The number of unbranched alkanes of at least 4 members (excludes halogenated alkanes) is 26. The second-order valence-electron chi connectivity index (χ2n) is 17.9. The normalized spacial score (nSPS) is 14.9. The largest absolute Gasteiger partial charge is 0.470 e. The van der Waals surface area contributed by atoms with Crippen LogP contribution in [0.4, 0.5) is 8.78 Å². The maximum absolute atomic E-state index is 15.3. The molecule has 0 saturated heterocycles. The van der Waals surface area contributed by atoms with Crippen molar-refractivity contribution in [3.05, 3.63) is 0 Å². The number of esters is 2. The van der Waals surface area contributed by atoms with Crippen LogP contribution in [-0.2, 0) is 37.7 Å². The van der Waals surface area contributed by atoms with E-state index in [4.69, 9.17) is 9.47 Å². The summed E-state index contributed by atoms with van der Waals surface area (Å²) >= 11 is 0. The summed E-state index contributed by atoms with van der Waals surface area (Å²) in [7, 11) is -5.60. The molecule has 0 spiro atoms. The molecule has 1 amide bonds. The Hall–Kier alpha value is -2.07. The van der Waals surface area contributed by atoms with Gasteiger partial charge in [0.2, 0.25) is 0 Å². The monoisotopic (exact) mass is 958 g/mol. The lowest BCUT2D eigenvalue weighted by atomic mass is 9.99. The number of rotatable bonds is 46. The summed E-state index contributed by atoms with van der Waals surface area (Å²) in [6.45, 7) is 5.20. The molecule has 0 rings (SSSR count). The Kier molecular flexibility index (Phi) is 38.6. The molecule has 0 aromatic carbocycles. The molecule has 0 saturated carbocycles.